The molecular weight excluding hydrogens is 266 g/mol. The lowest BCUT2D eigenvalue weighted by atomic mass is 9.83. The summed E-state index contributed by atoms with van der Waals surface area (Å²) in [5.41, 5.74) is 5.14. The van der Waals surface area contributed by atoms with Crippen molar-refractivity contribution in [3.8, 4) is 0 Å². The van der Waals surface area contributed by atoms with Crippen molar-refractivity contribution in [1.82, 2.24) is 10.6 Å². The van der Waals surface area contributed by atoms with E-state index in [0.29, 0.717) is 0 Å². The van der Waals surface area contributed by atoms with Crippen molar-refractivity contribution in [1.29, 1.82) is 0 Å². The number of carbonyl (C=O) groups is 2. The average Bonchev–Trinajstić information content (AvgIpc) is 2.38. The first-order valence-corrected chi connectivity index (χ1v) is 6.91. The van der Waals surface area contributed by atoms with Crippen LogP contribution in [0.2, 0.25) is 0 Å². The van der Waals surface area contributed by atoms with Crippen molar-refractivity contribution in [2.24, 2.45) is 11.7 Å². The first-order chi connectivity index (χ1) is 8.65. The van der Waals surface area contributed by atoms with Gasteiger partial charge in [-0.05, 0) is 31.6 Å². The van der Waals surface area contributed by atoms with Crippen molar-refractivity contribution in [3.05, 3.63) is 0 Å². The van der Waals surface area contributed by atoms with E-state index in [2.05, 4.69) is 17.6 Å². The summed E-state index contributed by atoms with van der Waals surface area (Å²) in [4.78, 5) is 22.5. The van der Waals surface area contributed by atoms with Gasteiger partial charge in [-0.1, -0.05) is 19.8 Å². The second-order valence-corrected chi connectivity index (χ2v) is 5.05. The summed E-state index contributed by atoms with van der Waals surface area (Å²) in [6, 6.07) is 0.278. The first-order valence-electron chi connectivity index (χ1n) is 6.91. The van der Waals surface area contributed by atoms with Crippen molar-refractivity contribution in [3.63, 3.8) is 0 Å². The third kappa shape index (κ3) is 7.38. The van der Waals surface area contributed by atoms with Gasteiger partial charge in [0.15, 0.2) is 0 Å². The number of carbonyl (C=O) groups excluding carboxylic acids is 2. The first kappa shape index (κ1) is 18.2. The summed E-state index contributed by atoms with van der Waals surface area (Å²) in [6.07, 6.45) is 7.06. The van der Waals surface area contributed by atoms with Crippen LogP contribution in [0, 0.1) is 5.92 Å². The minimum atomic E-state index is -0.295. The van der Waals surface area contributed by atoms with Gasteiger partial charge in [0.25, 0.3) is 0 Å². The van der Waals surface area contributed by atoms with E-state index in [-0.39, 0.29) is 43.4 Å². The van der Waals surface area contributed by atoms with Crippen LogP contribution in [0.1, 0.15) is 45.4 Å². The van der Waals surface area contributed by atoms with Crippen LogP contribution >= 0.6 is 12.4 Å². The van der Waals surface area contributed by atoms with Gasteiger partial charge in [-0.3, -0.25) is 9.59 Å². The highest BCUT2D eigenvalue weighted by atomic mass is 35.5. The third-order valence-electron chi connectivity index (χ3n) is 3.54. The highest BCUT2D eigenvalue weighted by Crippen LogP contribution is 2.27. The number of nitrogens with one attached hydrogen (secondary N) is 2. The second kappa shape index (κ2) is 10.0. The maximum atomic E-state index is 11.6. The Morgan fingerprint density at radius 2 is 1.79 bits per heavy atom. The minimum absolute atomic E-state index is 0. The molecule has 112 valence electrons. The lowest BCUT2D eigenvalue weighted by Crippen LogP contribution is -2.44. The van der Waals surface area contributed by atoms with Gasteiger partial charge in [-0.25, -0.2) is 0 Å². The summed E-state index contributed by atoms with van der Waals surface area (Å²) in [6.45, 7) is 2.17. The Morgan fingerprint density at radius 1 is 1.16 bits per heavy atom. The van der Waals surface area contributed by atoms with Crippen LogP contribution in [0.15, 0.2) is 0 Å². The number of amides is 2. The monoisotopic (exact) mass is 291 g/mol. The molecule has 0 aliphatic heterocycles. The summed E-state index contributed by atoms with van der Waals surface area (Å²) in [5, 5.41) is 5.44. The Balaban J connectivity index is 0.00000324. The number of rotatable bonds is 6. The van der Waals surface area contributed by atoms with E-state index in [9.17, 15) is 9.59 Å². The van der Waals surface area contributed by atoms with Crippen LogP contribution in [0.4, 0.5) is 0 Å². The zero-order chi connectivity index (χ0) is 13.4. The average molecular weight is 292 g/mol. The van der Waals surface area contributed by atoms with Gasteiger partial charge in [0, 0.05) is 6.04 Å². The Bertz CT molecular complexity index is 279. The van der Waals surface area contributed by atoms with E-state index in [4.69, 9.17) is 5.73 Å². The molecule has 1 fully saturated rings. The molecule has 0 aromatic carbocycles. The normalized spacial score (nSPS) is 22.2. The number of hydrogen-bond acceptors (Lipinski definition) is 3. The molecule has 0 atom stereocenters. The van der Waals surface area contributed by atoms with Crippen LogP contribution in [-0.2, 0) is 9.59 Å². The smallest absolute Gasteiger partial charge is 0.239 e. The molecule has 1 aliphatic carbocycles. The molecule has 1 aliphatic rings. The van der Waals surface area contributed by atoms with E-state index in [1.165, 1.54) is 25.7 Å². The second-order valence-electron chi connectivity index (χ2n) is 5.05. The van der Waals surface area contributed by atoms with Crippen molar-refractivity contribution in [2.45, 2.75) is 51.5 Å². The fourth-order valence-corrected chi connectivity index (χ4v) is 2.53. The molecule has 5 nitrogen and oxygen atoms in total. The van der Waals surface area contributed by atoms with Gasteiger partial charge < -0.3 is 16.4 Å². The van der Waals surface area contributed by atoms with E-state index >= 15 is 0 Å². The highest BCUT2D eigenvalue weighted by molar-refractivity contribution is 5.85. The van der Waals surface area contributed by atoms with E-state index in [1.54, 1.807) is 0 Å². The van der Waals surface area contributed by atoms with E-state index in [1.807, 2.05) is 0 Å². The Kier molecular flexibility index (Phi) is 9.61. The summed E-state index contributed by atoms with van der Waals surface area (Å²) in [7, 11) is 0. The molecule has 6 heteroatoms. The maximum Gasteiger partial charge on any atom is 0.239 e. The van der Waals surface area contributed by atoms with Gasteiger partial charge in [0.05, 0.1) is 13.1 Å². The third-order valence-corrected chi connectivity index (χ3v) is 3.54. The topological polar surface area (TPSA) is 84.2 Å². The number of nitrogens with two attached hydrogens (primary N) is 1. The Morgan fingerprint density at radius 3 is 2.32 bits per heavy atom. The predicted octanol–water partition coefficient (Wildman–Crippen LogP) is 0.958. The predicted molar refractivity (Wildman–Crippen MR) is 78.1 cm³/mol. The molecule has 0 spiro atoms. The molecule has 0 radical (unpaired) electrons. The summed E-state index contributed by atoms with van der Waals surface area (Å²) in [5.74, 6) is 0.424. The minimum Gasteiger partial charge on any atom is -0.352 e. The lowest BCUT2D eigenvalue weighted by molar-refractivity contribution is -0.125. The van der Waals surface area contributed by atoms with Gasteiger partial charge in [0.2, 0.25) is 11.8 Å². The van der Waals surface area contributed by atoms with Gasteiger partial charge in [0.1, 0.15) is 0 Å². The molecular formula is C13H26ClN3O2. The molecule has 0 aromatic heterocycles. The molecule has 1 rings (SSSR count). The largest absolute Gasteiger partial charge is 0.352 e. The summed E-state index contributed by atoms with van der Waals surface area (Å²) >= 11 is 0. The zero-order valence-corrected chi connectivity index (χ0v) is 12.4. The Labute approximate surface area is 121 Å². The van der Waals surface area contributed by atoms with Gasteiger partial charge in [-0.2, -0.15) is 0 Å². The molecule has 0 bridgehead atoms. The van der Waals surface area contributed by atoms with E-state index < -0.39 is 0 Å². The molecule has 4 N–H and O–H groups in total. The fraction of sp³-hybridized carbons (Fsp3) is 0.846. The van der Waals surface area contributed by atoms with Crippen molar-refractivity contribution < 1.29 is 9.59 Å². The zero-order valence-electron chi connectivity index (χ0n) is 11.6. The molecule has 19 heavy (non-hydrogen) atoms. The molecule has 1 saturated carbocycles. The van der Waals surface area contributed by atoms with Crippen LogP contribution in [0.3, 0.4) is 0 Å². The number of hydrogen-bond donors (Lipinski definition) is 3. The molecule has 2 amide bonds. The van der Waals surface area contributed by atoms with Crippen molar-refractivity contribution >= 4 is 24.2 Å². The molecule has 0 aromatic rings. The maximum absolute atomic E-state index is 11.6. The quantitative estimate of drug-likeness (QED) is 0.681. The van der Waals surface area contributed by atoms with Crippen molar-refractivity contribution in [2.75, 3.05) is 13.1 Å². The SMILES string of the molecule is CCCC1CCC(NC(=O)CNC(=O)CN)CC1.Cl. The standard InChI is InChI=1S/C13H25N3O2.ClH/c1-2-3-10-4-6-11(7-5-10)16-13(18)9-15-12(17)8-14;/h10-11H,2-9,14H2,1H3,(H,15,17)(H,16,18);1H. The van der Waals surface area contributed by atoms with Crippen LogP contribution in [-0.4, -0.2) is 30.9 Å². The molecule has 0 saturated heterocycles. The number of halogens is 1. The molecule has 0 unspecified atom stereocenters. The van der Waals surface area contributed by atoms with Gasteiger partial charge >= 0.3 is 0 Å². The van der Waals surface area contributed by atoms with Crippen LogP contribution < -0.4 is 16.4 Å². The lowest BCUT2D eigenvalue weighted by Gasteiger charge is -2.28. The van der Waals surface area contributed by atoms with Crippen LogP contribution in [0.5, 0.6) is 0 Å². The fourth-order valence-electron chi connectivity index (χ4n) is 2.53. The molecule has 0 heterocycles. The van der Waals surface area contributed by atoms with Gasteiger partial charge in [-0.15, -0.1) is 12.4 Å². The highest BCUT2D eigenvalue weighted by Gasteiger charge is 2.21. The van der Waals surface area contributed by atoms with Crippen LogP contribution in [0.25, 0.3) is 0 Å². The summed E-state index contributed by atoms with van der Waals surface area (Å²) < 4.78 is 0. The van der Waals surface area contributed by atoms with E-state index in [0.717, 1.165) is 18.8 Å². The Hall–Kier alpha value is -0.810.